The molecule has 1 aromatic heterocycles. The van der Waals surface area contributed by atoms with E-state index in [9.17, 15) is 4.79 Å². The number of hydrogen-bond donors (Lipinski definition) is 0. The van der Waals surface area contributed by atoms with Gasteiger partial charge < -0.3 is 0 Å². The van der Waals surface area contributed by atoms with Crippen molar-refractivity contribution in [2.45, 2.75) is 38.1 Å². The molecular formula is C17H18BrClN2O. The predicted octanol–water partition coefficient (Wildman–Crippen LogP) is 4.83. The molecule has 3 nitrogen and oxygen atoms in total. The Hall–Kier alpha value is -1.13. The Kier molecular flexibility index (Phi) is 4.99. The summed E-state index contributed by atoms with van der Waals surface area (Å²) in [4.78, 5) is 12.4. The molecule has 5 heteroatoms. The van der Waals surface area contributed by atoms with E-state index in [1.54, 1.807) is 16.8 Å². The minimum absolute atomic E-state index is 0.0519. The summed E-state index contributed by atoms with van der Waals surface area (Å²) in [6, 6.07) is 11.0. The summed E-state index contributed by atoms with van der Waals surface area (Å²) in [6.07, 6.45) is 5.95. The molecule has 0 N–H and O–H groups in total. The van der Waals surface area contributed by atoms with Crippen LogP contribution in [0, 0.1) is 5.92 Å². The van der Waals surface area contributed by atoms with E-state index in [0.717, 1.165) is 18.4 Å². The Morgan fingerprint density at radius 1 is 1.18 bits per heavy atom. The predicted molar refractivity (Wildman–Crippen MR) is 92.4 cm³/mol. The first-order valence-electron chi connectivity index (χ1n) is 7.66. The molecule has 1 fully saturated rings. The van der Waals surface area contributed by atoms with Gasteiger partial charge in [-0.25, -0.2) is 4.68 Å². The Morgan fingerprint density at radius 2 is 1.95 bits per heavy atom. The molecule has 0 aliphatic heterocycles. The number of benzene rings is 1. The first-order chi connectivity index (χ1) is 10.6. The van der Waals surface area contributed by atoms with Crippen molar-refractivity contribution in [2.24, 2.45) is 5.92 Å². The molecule has 1 aliphatic carbocycles. The highest BCUT2D eigenvalue weighted by molar-refractivity contribution is 9.10. The monoisotopic (exact) mass is 380 g/mol. The molecule has 1 aliphatic rings. The maximum atomic E-state index is 12.4. The molecule has 116 valence electrons. The molecule has 1 saturated carbocycles. The van der Waals surface area contributed by atoms with Gasteiger partial charge in [0.1, 0.15) is 4.60 Å². The lowest BCUT2D eigenvalue weighted by Crippen LogP contribution is -2.33. The van der Waals surface area contributed by atoms with Gasteiger partial charge in [0.05, 0.1) is 6.04 Å². The fourth-order valence-corrected chi connectivity index (χ4v) is 3.86. The molecule has 3 rings (SSSR count). The molecule has 0 bridgehead atoms. The van der Waals surface area contributed by atoms with Gasteiger partial charge in [-0.1, -0.05) is 43.0 Å². The van der Waals surface area contributed by atoms with Crippen LogP contribution in [-0.4, -0.2) is 9.78 Å². The zero-order valence-corrected chi connectivity index (χ0v) is 14.6. The van der Waals surface area contributed by atoms with Gasteiger partial charge in [0.15, 0.2) is 0 Å². The van der Waals surface area contributed by atoms with E-state index in [0.29, 0.717) is 15.5 Å². The van der Waals surface area contributed by atoms with Gasteiger partial charge in [0, 0.05) is 11.1 Å². The van der Waals surface area contributed by atoms with Crippen molar-refractivity contribution < 1.29 is 0 Å². The lowest BCUT2D eigenvalue weighted by atomic mass is 9.81. The summed E-state index contributed by atoms with van der Waals surface area (Å²) in [6.45, 7) is 0. The van der Waals surface area contributed by atoms with Crippen LogP contribution in [0.2, 0.25) is 5.02 Å². The summed E-state index contributed by atoms with van der Waals surface area (Å²) >= 11 is 9.55. The van der Waals surface area contributed by atoms with Gasteiger partial charge in [-0.05, 0) is 58.5 Å². The van der Waals surface area contributed by atoms with E-state index >= 15 is 0 Å². The normalized spacial score (nSPS) is 17.4. The Labute approximate surface area is 143 Å². The second-order valence-electron chi connectivity index (χ2n) is 5.84. The second kappa shape index (κ2) is 6.97. The average molecular weight is 382 g/mol. The fourth-order valence-electron chi connectivity index (χ4n) is 3.35. The van der Waals surface area contributed by atoms with E-state index in [2.05, 4.69) is 21.0 Å². The highest BCUT2D eigenvalue weighted by atomic mass is 79.9. The number of halogens is 2. The molecule has 0 saturated heterocycles. The van der Waals surface area contributed by atoms with Crippen LogP contribution in [0.25, 0.3) is 0 Å². The van der Waals surface area contributed by atoms with Gasteiger partial charge >= 0.3 is 0 Å². The molecule has 1 atom stereocenters. The van der Waals surface area contributed by atoms with Gasteiger partial charge in [-0.3, -0.25) is 4.79 Å². The summed E-state index contributed by atoms with van der Waals surface area (Å²) < 4.78 is 2.29. The van der Waals surface area contributed by atoms with Gasteiger partial charge in [-0.2, -0.15) is 5.10 Å². The van der Waals surface area contributed by atoms with Crippen LogP contribution < -0.4 is 5.56 Å². The first kappa shape index (κ1) is 15.8. The van der Waals surface area contributed by atoms with E-state index in [-0.39, 0.29) is 11.6 Å². The molecule has 0 amide bonds. The quantitative estimate of drug-likeness (QED) is 0.763. The van der Waals surface area contributed by atoms with Crippen LogP contribution in [0.15, 0.2) is 45.8 Å². The lowest BCUT2D eigenvalue weighted by molar-refractivity contribution is 0.259. The minimum Gasteiger partial charge on any atom is -0.268 e. The number of hydrogen-bond acceptors (Lipinski definition) is 2. The Bertz CT molecular complexity index is 710. The molecule has 22 heavy (non-hydrogen) atoms. The number of nitrogens with zero attached hydrogens (tertiary/aromatic N) is 2. The lowest BCUT2D eigenvalue weighted by Gasteiger charge is -2.31. The van der Waals surface area contributed by atoms with Crippen molar-refractivity contribution in [1.29, 1.82) is 0 Å². The zero-order valence-electron chi connectivity index (χ0n) is 12.2. The Balaban J connectivity index is 2.09. The SMILES string of the molecule is O=c1ccc(Br)nn1C(c1cccc(Cl)c1)C1CCCCC1. The molecule has 1 heterocycles. The largest absolute Gasteiger partial charge is 0.268 e. The molecule has 1 unspecified atom stereocenters. The van der Waals surface area contributed by atoms with Crippen molar-refractivity contribution in [3.8, 4) is 0 Å². The van der Waals surface area contributed by atoms with Crippen molar-refractivity contribution in [2.75, 3.05) is 0 Å². The molecule has 2 aromatic rings. The summed E-state index contributed by atoms with van der Waals surface area (Å²) in [7, 11) is 0. The van der Waals surface area contributed by atoms with Crippen molar-refractivity contribution in [3.63, 3.8) is 0 Å². The second-order valence-corrected chi connectivity index (χ2v) is 7.09. The molecule has 0 spiro atoms. The number of rotatable bonds is 3. The maximum absolute atomic E-state index is 12.4. The van der Waals surface area contributed by atoms with Crippen molar-refractivity contribution in [1.82, 2.24) is 9.78 Å². The van der Waals surface area contributed by atoms with Gasteiger partial charge in [0.2, 0.25) is 0 Å². The van der Waals surface area contributed by atoms with E-state index in [1.807, 2.05) is 24.3 Å². The number of aromatic nitrogens is 2. The Morgan fingerprint density at radius 3 is 2.68 bits per heavy atom. The standard InChI is InChI=1S/C17H18BrClN2O/c18-15-9-10-16(22)21(20-15)17(12-5-2-1-3-6-12)13-7-4-8-14(19)11-13/h4,7-12,17H,1-3,5-6H2. The van der Waals surface area contributed by atoms with Crippen LogP contribution in [0.5, 0.6) is 0 Å². The summed E-state index contributed by atoms with van der Waals surface area (Å²) in [5.41, 5.74) is 0.992. The van der Waals surface area contributed by atoms with Crippen LogP contribution in [0.1, 0.15) is 43.7 Å². The third-order valence-corrected chi connectivity index (χ3v) is 5.00. The minimum atomic E-state index is -0.0706. The van der Waals surface area contributed by atoms with Crippen molar-refractivity contribution in [3.05, 3.63) is 61.9 Å². The van der Waals surface area contributed by atoms with E-state index < -0.39 is 0 Å². The smallest absolute Gasteiger partial charge is 0.267 e. The van der Waals surface area contributed by atoms with Crippen LogP contribution in [0.3, 0.4) is 0 Å². The van der Waals surface area contributed by atoms with Crippen LogP contribution >= 0.6 is 27.5 Å². The fraction of sp³-hybridized carbons (Fsp3) is 0.412. The van der Waals surface area contributed by atoms with Gasteiger partial charge in [-0.15, -0.1) is 0 Å². The first-order valence-corrected chi connectivity index (χ1v) is 8.83. The van der Waals surface area contributed by atoms with Crippen LogP contribution in [-0.2, 0) is 0 Å². The topological polar surface area (TPSA) is 34.9 Å². The van der Waals surface area contributed by atoms with Crippen molar-refractivity contribution >= 4 is 27.5 Å². The molecule has 0 radical (unpaired) electrons. The maximum Gasteiger partial charge on any atom is 0.267 e. The summed E-state index contributed by atoms with van der Waals surface area (Å²) in [5, 5.41) is 5.13. The highest BCUT2D eigenvalue weighted by Gasteiger charge is 2.28. The highest BCUT2D eigenvalue weighted by Crippen LogP contribution is 2.36. The summed E-state index contributed by atoms with van der Waals surface area (Å²) in [5.74, 6) is 0.423. The third-order valence-electron chi connectivity index (χ3n) is 4.34. The van der Waals surface area contributed by atoms with E-state index in [4.69, 9.17) is 11.6 Å². The van der Waals surface area contributed by atoms with E-state index in [1.165, 1.54) is 19.3 Å². The molecule has 1 aromatic carbocycles. The zero-order chi connectivity index (χ0) is 15.5. The third kappa shape index (κ3) is 3.44. The average Bonchev–Trinajstić information content (AvgIpc) is 2.52. The van der Waals surface area contributed by atoms with Crippen LogP contribution in [0.4, 0.5) is 0 Å². The van der Waals surface area contributed by atoms with Gasteiger partial charge in [0.25, 0.3) is 5.56 Å². The molecular weight excluding hydrogens is 364 g/mol.